The van der Waals surface area contributed by atoms with Crippen molar-refractivity contribution in [3.05, 3.63) is 94.9 Å². The lowest BCUT2D eigenvalue weighted by molar-refractivity contribution is -0.384. The van der Waals surface area contributed by atoms with E-state index in [1.807, 2.05) is 39.8 Å². The van der Waals surface area contributed by atoms with Crippen LogP contribution in [-0.2, 0) is 16.2 Å². The van der Waals surface area contributed by atoms with Crippen LogP contribution in [0.15, 0.2) is 53.4 Å². The third-order valence-electron chi connectivity index (χ3n) is 6.28. The fourth-order valence-electron chi connectivity index (χ4n) is 4.43. The van der Waals surface area contributed by atoms with E-state index in [4.69, 9.17) is 9.47 Å². The molecule has 1 saturated heterocycles. The van der Waals surface area contributed by atoms with Crippen LogP contribution in [0.2, 0.25) is 0 Å². The van der Waals surface area contributed by atoms with E-state index in [2.05, 4.69) is 27.9 Å². The monoisotopic (exact) mass is 701 g/mol. The third-order valence-corrected chi connectivity index (χ3v) is 7.99. The maximum absolute atomic E-state index is 13.1. The smallest absolute Gasteiger partial charge is 0.294 e. The fraction of sp³-hybridized carbons (Fsp3) is 0.233. The second-order valence-electron chi connectivity index (χ2n) is 9.56. The van der Waals surface area contributed by atoms with Crippen LogP contribution in [-0.4, -0.2) is 40.0 Å². The Morgan fingerprint density at radius 1 is 1.07 bits per heavy atom. The number of anilines is 1. The Kier molecular flexibility index (Phi) is 9.89. The summed E-state index contributed by atoms with van der Waals surface area (Å²) in [6.07, 6.45) is 1.59. The van der Waals surface area contributed by atoms with Gasteiger partial charge in [0.15, 0.2) is 11.5 Å². The number of aryl methyl sites for hydroxylation is 3. The fourth-order valence-corrected chi connectivity index (χ4v) is 6.05. The Morgan fingerprint density at radius 3 is 2.36 bits per heavy atom. The van der Waals surface area contributed by atoms with E-state index in [9.17, 15) is 24.5 Å². The van der Waals surface area contributed by atoms with Crippen LogP contribution in [0.5, 0.6) is 11.5 Å². The highest BCUT2D eigenvalue weighted by atomic mass is 127. The first kappa shape index (κ1) is 31.0. The largest absolute Gasteiger partial charge is 0.490 e. The normalized spacial score (nSPS) is 13.9. The van der Waals surface area contributed by atoms with Gasteiger partial charge in [0.1, 0.15) is 13.2 Å². The molecule has 0 aromatic heterocycles. The number of thioether (sulfide) groups is 1. The Hall–Kier alpha value is -3.91. The zero-order valence-corrected chi connectivity index (χ0v) is 26.3. The molecule has 1 aliphatic heterocycles. The number of amides is 3. The number of carbonyl (C=O) groups excluding carboxylic acids is 3. The van der Waals surface area contributed by atoms with Crippen molar-refractivity contribution in [3.8, 4) is 11.5 Å². The van der Waals surface area contributed by atoms with Crippen LogP contribution in [0, 0.1) is 34.5 Å². The molecule has 1 heterocycles. The summed E-state index contributed by atoms with van der Waals surface area (Å²) < 4.78 is 12.5. The molecule has 0 spiro atoms. The van der Waals surface area contributed by atoms with Crippen molar-refractivity contribution < 1.29 is 28.8 Å². The minimum absolute atomic E-state index is 0.00538. The molecule has 1 aliphatic rings. The standard InChI is InChI=1S/C30H28IN3O7S/c1-5-40-24-13-21(12-23(31)28(24)41-16-20-6-8-22(9-7-20)34(38)39)14-25-29(36)33(30(37)42-25)15-26(35)32-27-18(3)10-17(2)11-19(27)4/h6-14H,5,15-16H2,1-4H3,(H,32,35)/b25-14+. The van der Waals surface area contributed by atoms with E-state index in [0.29, 0.717) is 32.9 Å². The number of hydrogen-bond acceptors (Lipinski definition) is 8. The van der Waals surface area contributed by atoms with Crippen LogP contribution < -0.4 is 14.8 Å². The van der Waals surface area contributed by atoms with Crippen molar-refractivity contribution in [2.45, 2.75) is 34.3 Å². The lowest BCUT2D eigenvalue weighted by atomic mass is 10.1. The number of ether oxygens (including phenoxy) is 2. The number of rotatable bonds is 10. The summed E-state index contributed by atoms with van der Waals surface area (Å²) in [5.74, 6) is -0.0836. The number of halogens is 1. The molecular weight excluding hydrogens is 673 g/mol. The molecule has 0 atom stereocenters. The Bertz CT molecular complexity index is 1580. The minimum Gasteiger partial charge on any atom is -0.490 e. The van der Waals surface area contributed by atoms with Crippen LogP contribution >= 0.6 is 34.4 Å². The van der Waals surface area contributed by atoms with Gasteiger partial charge in [-0.25, -0.2) is 0 Å². The van der Waals surface area contributed by atoms with Crippen LogP contribution in [0.25, 0.3) is 6.08 Å². The molecule has 3 amide bonds. The van der Waals surface area contributed by atoms with E-state index < -0.39 is 28.5 Å². The van der Waals surface area contributed by atoms with E-state index >= 15 is 0 Å². The molecular formula is C30H28IN3O7S. The second-order valence-corrected chi connectivity index (χ2v) is 11.7. The Labute approximate surface area is 260 Å². The van der Waals surface area contributed by atoms with Crippen LogP contribution in [0.4, 0.5) is 16.2 Å². The van der Waals surface area contributed by atoms with E-state index in [1.54, 1.807) is 30.3 Å². The highest BCUT2D eigenvalue weighted by Crippen LogP contribution is 2.38. The quantitative estimate of drug-likeness (QED) is 0.106. The first-order chi connectivity index (χ1) is 20.0. The van der Waals surface area contributed by atoms with Gasteiger partial charge < -0.3 is 14.8 Å². The maximum Gasteiger partial charge on any atom is 0.294 e. The number of non-ortho nitro benzene ring substituents is 1. The topological polar surface area (TPSA) is 128 Å². The number of benzene rings is 3. The molecule has 0 aliphatic carbocycles. The number of nitrogens with one attached hydrogen (secondary N) is 1. The van der Waals surface area contributed by atoms with Crippen molar-refractivity contribution in [1.29, 1.82) is 0 Å². The predicted molar refractivity (Wildman–Crippen MR) is 170 cm³/mol. The highest BCUT2D eigenvalue weighted by molar-refractivity contribution is 14.1. The lowest BCUT2D eigenvalue weighted by Gasteiger charge is -2.16. The number of nitro benzene ring substituents is 1. The minimum atomic E-state index is -0.552. The van der Waals surface area contributed by atoms with Gasteiger partial charge in [-0.15, -0.1) is 0 Å². The van der Waals surface area contributed by atoms with Gasteiger partial charge in [-0.2, -0.15) is 0 Å². The highest BCUT2D eigenvalue weighted by Gasteiger charge is 2.36. The molecule has 1 N–H and O–H groups in total. The molecule has 3 aromatic rings. The number of imide groups is 1. The van der Waals surface area contributed by atoms with Gasteiger partial charge >= 0.3 is 0 Å². The number of hydrogen-bond donors (Lipinski definition) is 1. The van der Waals surface area contributed by atoms with Crippen LogP contribution in [0.3, 0.4) is 0 Å². The third kappa shape index (κ3) is 7.29. The molecule has 0 unspecified atom stereocenters. The van der Waals surface area contributed by atoms with Gasteiger partial charge in [0, 0.05) is 17.8 Å². The van der Waals surface area contributed by atoms with Crippen molar-refractivity contribution in [2.75, 3.05) is 18.5 Å². The van der Waals surface area contributed by atoms with Crippen molar-refractivity contribution in [1.82, 2.24) is 4.90 Å². The van der Waals surface area contributed by atoms with Gasteiger partial charge in [-0.05, 0) is 115 Å². The molecule has 1 fully saturated rings. The molecule has 0 saturated carbocycles. The van der Waals surface area contributed by atoms with Crippen molar-refractivity contribution in [2.24, 2.45) is 0 Å². The summed E-state index contributed by atoms with van der Waals surface area (Å²) in [7, 11) is 0. The molecule has 12 heteroatoms. The van der Waals surface area contributed by atoms with Crippen LogP contribution in [0.1, 0.15) is 34.7 Å². The van der Waals surface area contributed by atoms with Gasteiger partial charge in [-0.3, -0.25) is 29.4 Å². The molecule has 218 valence electrons. The molecule has 3 aromatic carbocycles. The molecule has 0 bridgehead atoms. The molecule has 42 heavy (non-hydrogen) atoms. The zero-order chi connectivity index (χ0) is 30.6. The SMILES string of the molecule is CCOc1cc(/C=C2/SC(=O)N(CC(=O)Nc3c(C)cc(C)cc3C)C2=O)cc(I)c1OCc1ccc([N+](=O)[O-])cc1. The summed E-state index contributed by atoms with van der Waals surface area (Å²) in [4.78, 5) is 50.1. The van der Waals surface area contributed by atoms with Gasteiger partial charge in [0.25, 0.3) is 16.8 Å². The Morgan fingerprint density at radius 2 is 1.74 bits per heavy atom. The first-order valence-corrected chi connectivity index (χ1v) is 14.8. The summed E-state index contributed by atoms with van der Waals surface area (Å²) in [6.45, 7) is 7.71. The maximum atomic E-state index is 13.1. The van der Waals surface area contributed by atoms with Crippen molar-refractivity contribution in [3.63, 3.8) is 0 Å². The molecule has 4 rings (SSSR count). The Balaban J connectivity index is 1.49. The molecule has 0 radical (unpaired) electrons. The van der Waals surface area contributed by atoms with Gasteiger partial charge in [0.2, 0.25) is 5.91 Å². The molecule has 10 nitrogen and oxygen atoms in total. The average Bonchev–Trinajstić information content (AvgIpc) is 3.17. The summed E-state index contributed by atoms with van der Waals surface area (Å²) >= 11 is 2.87. The van der Waals surface area contributed by atoms with Gasteiger partial charge in [0.05, 0.1) is 20.0 Å². The van der Waals surface area contributed by atoms with E-state index in [0.717, 1.165) is 38.9 Å². The predicted octanol–water partition coefficient (Wildman–Crippen LogP) is 6.78. The van der Waals surface area contributed by atoms with E-state index in [1.165, 1.54) is 12.1 Å². The number of nitro groups is 1. The first-order valence-electron chi connectivity index (χ1n) is 12.9. The summed E-state index contributed by atoms with van der Waals surface area (Å²) in [5.41, 5.74) is 4.89. The van der Waals surface area contributed by atoms with Crippen molar-refractivity contribution >= 4 is 68.9 Å². The zero-order valence-electron chi connectivity index (χ0n) is 23.4. The average molecular weight is 702 g/mol. The van der Waals surface area contributed by atoms with Gasteiger partial charge in [-0.1, -0.05) is 17.7 Å². The lowest BCUT2D eigenvalue weighted by Crippen LogP contribution is -2.36. The summed E-state index contributed by atoms with van der Waals surface area (Å²) in [6, 6.07) is 13.5. The number of carbonyl (C=O) groups is 3. The number of nitrogens with zero attached hydrogens (tertiary/aromatic N) is 2. The second kappa shape index (κ2) is 13.4. The van der Waals surface area contributed by atoms with E-state index in [-0.39, 0.29) is 17.2 Å². The summed E-state index contributed by atoms with van der Waals surface area (Å²) in [5, 5.41) is 13.2.